The summed E-state index contributed by atoms with van der Waals surface area (Å²) in [7, 11) is 0. The quantitative estimate of drug-likeness (QED) is 0.452. The molecule has 8 heteroatoms. The van der Waals surface area contributed by atoms with Crippen LogP contribution in [0.2, 0.25) is 0 Å². The van der Waals surface area contributed by atoms with Crippen LogP contribution in [0.3, 0.4) is 0 Å². The Morgan fingerprint density at radius 2 is 1.82 bits per heavy atom. The molecule has 2 aromatic heterocycles. The number of ether oxygens (including phenoxy) is 1. The van der Waals surface area contributed by atoms with Crippen molar-refractivity contribution in [3.8, 4) is 11.5 Å². The number of nitrogens with zero attached hydrogens (tertiary/aromatic N) is 4. The molecule has 0 spiro atoms. The summed E-state index contributed by atoms with van der Waals surface area (Å²) in [4.78, 5) is 15.9. The van der Waals surface area contributed by atoms with Crippen molar-refractivity contribution in [3.05, 3.63) is 72.4 Å². The van der Waals surface area contributed by atoms with Crippen molar-refractivity contribution in [2.75, 3.05) is 36.4 Å². The van der Waals surface area contributed by atoms with Crippen LogP contribution in [0, 0.1) is 24.6 Å². The van der Waals surface area contributed by atoms with Crippen LogP contribution in [-0.4, -0.2) is 41.1 Å². The van der Waals surface area contributed by atoms with Gasteiger partial charge in [0.25, 0.3) is 0 Å². The maximum Gasteiger partial charge on any atom is 0.165 e. The zero-order valence-electron chi connectivity index (χ0n) is 18.8. The predicted octanol–water partition coefficient (Wildman–Crippen LogP) is 4.66. The van der Waals surface area contributed by atoms with Gasteiger partial charge in [-0.15, -0.1) is 0 Å². The monoisotopic (exact) mass is 456 g/mol. The third-order valence-electron chi connectivity index (χ3n) is 6.72. The van der Waals surface area contributed by atoms with Crippen LogP contribution in [0.25, 0.3) is 10.9 Å². The molecule has 2 N–H and O–H groups in total. The molecule has 34 heavy (non-hydrogen) atoms. The van der Waals surface area contributed by atoms with E-state index >= 15 is 0 Å². The zero-order chi connectivity index (χ0) is 23.1. The number of fused-ring (bicyclic) bond motifs is 2. The average Bonchev–Trinajstić information content (AvgIpc) is 3.45. The zero-order valence-corrected chi connectivity index (χ0v) is 18.8. The van der Waals surface area contributed by atoms with Crippen molar-refractivity contribution in [2.45, 2.75) is 6.92 Å². The number of benzene rings is 2. The van der Waals surface area contributed by atoms with Gasteiger partial charge in [-0.1, -0.05) is 12.1 Å². The van der Waals surface area contributed by atoms with Crippen LogP contribution >= 0.6 is 0 Å². The molecule has 2 aromatic carbocycles. The summed E-state index contributed by atoms with van der Waals surface area (Å²) >= 11 is 0. The largest absolute Gasteiger partial charge is 0.454 e. The molecule has 6 rings (SSSR count). The molecule has 4 heterocycles. The van der Waals surface area contributed by atoms with E-state index < -0.39 is 0 Å². The van der Waals surface area contributed by atoms with Crippen LogP contribution in [0.4, 0.5) is 21.7 Å². The Hall–Kier alpha value is -3.78. The minimum absolute atomic E-state index is 0.204. The second-order valence-corrected chi connectivity index (χ2v) is 9.00. The van der Waals surface area contributed by atoms with Crippen molar-refractivity contribution >= 4 is 28.2 Å². The normalized spacial score (nSPS) is 19.4. The van der Waals surface area contributed by atoms with Crippen molar-refractivity contribution in [1.29, 1.82) is 0 Å². The first-order valence-corrected chi connectivity index (χ1v) is 11.5. The van der Waals surface area contributed by atoms with Crippen LogP contribution < -0.4 is 20.3 Å². The van der Waals surface area contributed by atoms with Crippen LogP contribution in [0.1, 0.15) is 5.56 Å². The third-order valence-corrected chi connectivity index (χ3v) is 6.72. The van der Waals surface area contributed by atoms with E-state index in [1.165, 1.54) is 6.07 Å². The number of pyridine rings is 1. The van der Waals surface area contributed by atoms with Crippen LogP contribution in [0.15, 0.2) is 61.1 Å². The fourth-order valence-electron chi connectivity index (χ4n) is 4.89. The average molecular weight is 457 g/mol. The fourth-order valence-corrected chi connectivity index (χ4v) is 4.89. The van der Waals surface area contributed by atoms with Crippen molar-refractivity contribution in [2.24, 2.45) is 11.8 Å². The summed E-state index contributed by atoms with van der Waals surface area (Å²) in [5, 5.41) is 7.82. The van der Waals surface area contributed by atoms with Gasteiger partial charge in [0.2, 0.25) is 0 Å². The molecule has 2 aliphatic heterocycles. The Labute approximate surface area is 197 Å². The van der Waals surface area contributed by atoms with E-state index in [4.69, 9.17) is 4.74 Å². The lowest BCUT2D eigenvalue weighted by Gasteiger charge is -2.19. The molecule has 2 fully saturated rings. The molecule has 2 atom stereocenters. The van der Waals surface area contributed by atoms with Crippen molar-refractivity contribution < 1.29 is 9.13 Å². The number of hydrogen-bond acceptors (Lipinski definition) is 7. The van der Waals surface area contributed by atoms with Gasteiger partial charge >= 0.3 is 0 Å². The van der Waals surface area contributed by atoms with Gasteiger partial charge < -0.3 is 20.3 Å². The lowest BCUT2D eigenvalue weighted by atomic mass is 10.0. The lowest BCUT2D eigenvalue weighted by Crippen LogP contribution is -2.26. The number of aromatic nitrogens is 3. The first-order valence-electron chi connectivity index (χ1n) is 11.5. The van der Waals surface area contributed by atoms with Crippen molar-refractivity contribution in [3.63, 3.8) is 0 Å². The van der Waals surface area contributed by atoms with Crippen LogP contribution in [-0.2, 0) is 0 Å². The van der Waals surface area contributed by atoms with Gasteiger partial charge in [-0.3, -0.25) is 0 Å². The molecule has 2 unspecified atom stereocenters. The van der Waals surface area contributed by atoms with Gasteiger partial charge in [0.05, 0.1) is 11.7 Å². The van der Waals surface area contributed by atoms with Gasteiger partial charge in [-0.2, -0.15) is 0 Å². The maximum absolute atomic E-state index is 14.0. The Morgan fingerprint density at radius 1 is 1.00 bits per heavy atom. The second kappa shape index (κ2) is 8.53. The number of anilines is 3. The highest BCUT2D eigenvalue weighted by molar-refractivity contribution is 5.92. The highest BCUT2D eigenvalue weighted by atomic mass is 19.1. The molecule has 0 bridgehead atoms. The van der Waals surface area contributed by atoms with E-state index in [2.05, 4.69) is 36.6 Å². The number of rotatable bonds is 5. The van der Waals surface area contributed by atoms with E-state index in [0.717, 1.165) is 60.0 Å². The Balaban J connectivity index is 1.25. The fraction of sp³-hybridized carbons (Fsp3) is 0.269. The SMILES string of the molecule is Cc1cc(Nc2ncnc3cnc(N4CC5CNCC5C4)cc23)ccc1Oc1ccccc1F. The number of halogens is 1. The Kier molecular flexibility index (Phi) is 5.22. The van der Waals surface area contributed by atoms with Gasteiger partial charge in [0.15, 0.2) is 11.6 Å². The first-order chi connectivity index (χ1) is 16.6. The molecule has 4 aromatic rings. The Morgan fingerprint density at radius 3 is 2.62 bits per heavy atom. The molecular weight excluding hydrogens is 431 g/mol. The topological polar surface area (TPSA) is 75.2 Å². The number of nitrogens with one attached hydrogen (secondary N) is 2. The number of para-hydroxylation sites is 1. The van der Waals surface area contributed by atoms with Gasteiger partial charge in [-0.05, 0) is 60.7 Å². The molecule has 0 aliphatic carbocycles. The summed E-state index contributed by atoms with van der Waals surface area (Å²) < 4.78 is 19.7. The summed E-state index contributed by atoms with van der Waals surface area (Å²) in [5.74, 6) is 3.48. The lowest BCUT2D eigenvalue weighted by molar-refractivity contribution is 0.439. The first kappa shape index (κ1) is 20.8. The molecule has 0 amide bonds. The highest BCUT2D eigenvalue weighted by Gasteiger charge is 2.36. The van der Waals surface area contributed by atoms with E-state index in [1.54, 1.807) is 24.5 Å². The van der Waals surface area contributed by atoms with Gasteiger partial charge in [-0.25, -0.2) is 19.3 Å². The molecule has 172 valence electrons. The van der Waals surface area contributed by atoms with Crippen molar-refractivity contribution in [1.82, 2.24) is 20.3 Å². The molecule has 0 radical (unpaired) electrons. The summed E-state index contributed by atoms with van der Waals surface area (Å²) in [6, 6.07) is 14.2. The number of hydrogen-bond donors (Lipinski definition) is 2. The number of aryl methyl sites for hydroxylation is 1. The minimum atomic E-state index is -0.390. The van der Waals surface area contributed by atoms with E-state index in [9.17, 15) is 4.39 Å². The summed E-state index contributed by atoms with van der Waals surface area (Å²) in [6.07, 6.45) is 3.36. The third kappa shape index (κ3) is 3.90. The van der Waals surface area contributed by atoms with E-state index in [0.29, 0.717) is 17.6 Å². The molecule has 2 aliphatic rings. The molecule has 2 saturated heterocycles. The second-order valence-electron chi connectivity index (χ2n) is 9.00. The van der Waals surface area contributed by atoms with Gasteiger partial charge in [0, 0.05) is 37.3 Å². The molecule has 0 saturated carbocycles. The highest BCUT2D eigenvalue weighted by Crippen LogP contribution is 2.33. The standard InChI is InChI=1S/C26H25FN6O/c1-16-8-19(6-7-23(16)34-24-5-3-2-4-21(24)27)32-26-20-9-25(29-12-22(20)30-15-31-26)33-13-17-10-28-11-18(17)14-33/h2-9,12,15,17-18,28H,10-11,13-14H2,1H3,(H,30,31,32). The molecule has 7 nitrogen and oxygen atoms in total. The summed E-state index contributed by atoms with van der Waals surface area (Å²) in [5.41, 5.74) is 2.53. The maximum atomic E-state index is 14.0. The predicted molar refractivity (Wildman–Crippen MR) is 130 cm³/mol. The van der Waals surface area contributed by atoms with E-state index in [-0.39, 0.29) is 11.6 Å². The Bertz CT molecular complexity index is 1350. The summed E-state index contributed by atoms with van der Waals surface area (Å²) in [6.45, 7) is 6.15. The minimum Gasteiger partial charge on any atom is -0.454 e. The molecular formula is C26H25FN6O. The van der Waals surface area contributed by atoms with E-state index in [1.807, 2.05) is 31.3 Å². The van der Waals surface area contributed by atoms with Gasteiger partial charge in [0.1, 0.15) is 23.7 Å². The van der Waals surface area contributed by atoms with Crippen LogP contribution in [0.5, 0.6) is 11.5 Å². The smallest absolute Gasteiger partial charge is 0.165 e.